The van der Waals surface area contributed by atoms with Crippen molar-refractivity contribution in [3.63, 3.8) is 0 Å². The lowest BCUT2D eigenvalue weighted by Gasteiger charge is -2.23. The molecule has 0 bridgehead atoms. The molecule has 1 saturated heterocycles. The molecule has 27 heavy (non-hydrogen) atoms. The number of aliphatic hydroxyl groups is 1. The lowest BCUT2D eigenvalue weighted by molar-refractivity contribution is -0.145. The van der Waals surface area contributed by atoms with Gasteiger partial charge in [-0.15, -0.1) is 0 Å². The molecule has 0 saturated carbocycles. The molecule has 1 N–H and O–H groups in total. The van der Waals surface area contributed by atoms with Crippen molar-refractivity contribution in [2.75, 3.05) is 20.3 Å². The lowest BCUT2D eigenvalue weighted by atomic mass is 9.98. The molecule has 0 radical (unpaired) electrons. The van der Waals surface area contributed by atoms with E-state index in [-0.39, 0.29) is 25.5 Å². The van der Waals surface area contributed by atoms with Gasteiger partial charge in [-0.25, -0.2) is 9.59 Å². The van der Waals surface area contributed by atoms with E-state index >= 15 is 0 Å². The summed E-state index contributed by atoms with van der Waals surface area (Å²) in [6.45, 7) is 0.240. The third kappa shape index (κ3) is 3.06. The summed E-state index contributed by atoms with van der Waals surface area (Å²) in [6, 6.07) is 15.4. The number of ether oxygens (including phenoxy) is 2. The van der Waals surface area contributed by atoms with E-state index in [0.29, 0.717) is 0 Å². The molecule has 6 heteroatoms. The Morgan fingerprint density at radius 1 is 1.07 bits per heavy atom. The van der Waals surface area contributed by atoms with Crippen LogP contribution >= 0.6 is 0 Å². The molecule has 140 valence electrons. The summed E-state index contributed by atoms with van der Waals surface area (Å²) in [7, 11) is 1.27. The van der Waals surface area contributed by atoms with Crippen LogP contribution in [0.5, 0.6) is 0 Å². The van der Waals surface area contributed by atoms with Gasteiger partial charge in [0, 0.05) is 12.3 Å². The molecule has 2 unspecified atom stereocenters. The van der Waals surface area contributed by atoms with Crippen LogP contribution in [0.2, 0.25) is 0 Å². The van der Waals surface area contributed by atoms with Crippen molar-refractivity contribution in [2.24, 2.45) is 0 Å². The number of rotatable bonds is 3. The number of nitrogens with zero attached hydrogens (tertiary/aromatic N) is 1. The van der Waals surface area contributed by atoms with Crippen LogP contribution in [0.1, 0.15) is 23.5 Å². The molecule has 1 aliphatic heterocycles. The Hall–Kier alpha value is -2.86. The van der Waals surface area contributed by atoms with Gasteiger partial charge in [-0.3, -0.25) is 4.90 Å². The van der Waals surface area contributed by atoms with E-state index < -0.39 is 24.2 Å². The van der Waals surface area contributed by atoms with Gasteiger partial charge in [0.2, 0.25) is 0 Å². The zero-order chi connectivity index (χ0) is 19.0. The van der Waals surface area contributed by atoms with Crippen molar-refractivity contribution in [3.8, 4) is 11.1 Å². The molecule has 1 aliphatic carbocycles. The van der Waals surface area contributed by atoms with E-state index in [0.717, 1.165) is 22.3 Å². The third-order valence-corrected chi connectivity index (χ3v) is 5.32. The van der Waals surface area contributed by atoms with Crippen LogP contribution in [-0.4, -0.2) is 54.5 Å². The molecular formula is C21H21NO5. The number of hydrogen-bond donors (Lipinski definition) is 1. The molecule has 0 aromatic heterocycles. The first-order valence-electron chi connectivity index (χ1n) is 8.97. The second kappa shape index (κ2) is 7.04. The van der Waals surface area contributed by atoms with E-state index in [9.17, 15) is 14.7 Å². The number of β-amino-alcohol motifs (C(OH)–C–C–N with tert-alkyl or cyclic N) is 1. The highest BCUT2D eigenvalue weighted by Gasteiger charge is 2.41. The summed E-state index contributed by atoms with van der Waals surface area (Å²) in [4.78, 5) is 25.7. The first-order chi connectivity index (χ1) is 13.1. The van der Waals surface area contributed by atoms with Gasteiger partial charge in [-0.05, 0) is 22.3 Å². The number of methoxy groups -OCH3 is 1. The maximum absolute atomic E-state index is 12.6. The fraction of sp³-hybridized carbons (Fsp3) is 0.333. The zero-order valence-corrected chi connectivity index (χ0v) is 15.0. The van der Waals surface area contributed by atoms with E-state index in [2.05, 4.69) is 12.1 Å². The number of likely N-dealkylation sites (tertiary alicyclic amines) is 1. The summed E-state index contributed by atoms with van der Waals surface area (Å²) >= 11 is 0. The van der Waals surface area contributed by atoms with Crippen LogP contribution in [0.25, 0.3) is 11.1 Å². The van der Waals surface area contributed by atoms with Gasteiger partial charge in [-0.2, -0.15) is 0 Å². The number of carbonyl (C=O) groups is 2. The van der Waals surface area contributed by atoms with Crippen molar-refractivity contribution >= 4 is 12.1 Å². The largest absolute Gasteiger partial charge is 0.467 e. The van der Waals surface area contributed by atoms with Crippen molar-refractivity contribution in [1.82, 2.24) is 4.90 Å². The standard InChI is InChI=1S/C21H21NO5/c1-26-20(24)19-10-13(23)11-22(19)21(25)27-12-18-16-8-4-2-6-14(16)15-7-3-5-9-17(15)18/h2-9,13,18-19,23H,10-12H2,1H3. The first-order valence-corrected chi connectivity index (χ1v) is 8.97. The van der Waals surface area contributed by atoms with Crippen LogP contribution in [0.3, 0.4) is 0 Å². The van der Waals surface area contributed by atoms with Gasteiger partial charge in [0.25, 0.3) is 0 Å². The number of fused-ring (bicyclic) bond motifs is 3. The predicted molar refractivity (Wildman–Crippen MR) is 98.2 cm³/mol. The highest BCUT2D eigenvalue weighted by Crippen LogP contribution is 2.44. The van der Waals surface area contributed by atoms with Gasteiger partial charge in [-0.1, -0.05) is 48.5 Å². The van der Waals surface area contributed by atoms with Gasteiger partial charge < -0.3 is 14.6 Å². The fourth-order valence-corrected chi connectivity index (χ4v) is 4.05. The monoisotopic (exact) mass is 367 g/mol. The average Bonchev–Trinajstić information content (AvgIpc) is 3.24. The summed E-state index contributed by atoms with van der Waals surface area (Å²) < 4.78 is 10.3. The van der Waals surface area contributed by atoms with Crippen LogP contribution in [0.4, 0.5) is 4.79 Å². The second-order valence-corrected chi connectivity index (χ2v) is 6.88. The molecule has 2 aromatic carbocycles. The van der Waals surface area contributed by atoms with E-state index in [1.807, 2.05) is 36.4 Å². The summed E-state index contributed by atoms with van der Waals surface area (Å²) in [5, 5.41) is 9.85. The van der Waals surface area contributed by atoms with Gasteiger partial charge in [0.1, 0.15) is 12.6 Å². The smallest absolute Gasteiger partial charge is 0.410 e. The normalized spacial score (nSPS) is 20.9. The van der Waals surface area contributed by atoms with Crippen LogP contribution < -0.4 is 0 Å². The Morgan fingerprint density at radius 2 is 1.67 bits per heavy atom. The number of esters is 1. The lowest BCUT2D eigenvalue weighted by Crippen LogP contribution is -2.41. The molecule has 1 heterocycles. The van der Waals surface area contributed by atoms with E-state index in [1.54, 1.807) is 0 Å². The molecule has 2 aliphatic rings. The molecular weight excluding hydrogens is 346 g/mol. The topological polar surface area (TPSA) is 76.1 Å². The third-order valence-electron chi connectivity index (χ3n) is 5.32. The fourth-order valence-electron chi connectivity index (χ4n) is 4.05. The Kier molecular flexibility index (Phi) is 4.58. The number of benzene rings is 2. The maximum atomic E-state index is 12.6. The highest BCUT2D eigenvalue weighted by molar-refractivity contribution is 5.82. The minimum Gasteiger partial charge on any atom is -0.467 e. The number of carbonyl (C=O) groups excluding carboxylic acids is 2. The van der Waals surface area contributed by atoms with Crippen LogP contribution in [0, 0.1) is 0 Å². The van der Waals surface area contributed by atoms with Crippen molar-refractivity contribution < 1.29 is 24.2 Å². The van der Waals surface area contributed by atoms with Crippen molar-refractivity contribution in [3.05, 3.63) is 59.7 Å². The summed E-state index contributed by atoms with van der Waals surface area (Å²) in [5.74, 6) is -0.592. The number of amides is 1. The van der Waals surface area contributed by atoms with Crippen LogP contribution in [-0.2, 0) is 14.3 Å². The minimum atomic E-state index is -0.805. The first kappa shape index (κ1) is 17.5. The number of hydrogen-bond acceptors (Lipinski definition) is 5. The van der Waals surface area contributed by atoms with E-state index in [1.165, 1.54) is 12.0 Å². The molecule has 4 rings (SSSR count). The van der Waals surface area contributed by atoms with E-state index in [4.69, 9.17) is 9.47 Å². The SMILES string of the molecule is COC(=O)C1CC(O)CN1C(=O)OCC1c2ccccc2-c2ccccc21. The zero-order valence-electron chi connectivity index (χ0n) is 15.0. The van der Waals surface area contributed by atoms with Gasteiger partial charge >= 0.3 is 12.1 Å². The Labute approximate surface area is 157 Å². The summed E-state index contributed by atoms with van der Waals surface area (Å²) in [6.07, 6.45) is -1.20. The molecule has 1 amide bonds. The molecule has 1 fully saturated rings. The molecule has 2 atom stereocenters. The second-order valence-electron chi connectivity index (χ2n) is 6.88. The highest BCUT2D eigenvalue weighted by atomic mass is 16.6. The number of aliphatic hydroxyl groups excluding tert-OH is 1. The minimum absolute atomic E-state index is 0.0505. The summed E-state index contributed by atoms with van der Waals surface area (Å²) in [5.41, 5.74) is 4.55. The molecule has 6 nitrogen and oxygen atoms in total. The van der Waals surface area contributed by atoms with Crippen molar-refractivity contribution in [2.45, 2.75) is 24.5 Å². The quantitative estimate of drug-likeness (QED) is 0.844. The van der Waals surface area contributed by atoms with Gasteiger partial charge in [0.15, 0.2) is 0 Å². The van der Waals surface area contributed by atoms with Crippen molar-refractivity contribution in [1.29, 1.82) is 0 Å². The Morgan fingerprint density at radius 3 is 2.26 bits per heavy atom. The maximum Gasteiger partial charge on any atom is 0.410 e. The average molecular weight is 367 g/mol. The Balaban J connectivity index is 1.52. The van der Waals surface area contributed by atoms with Gasteiger partial charge in [0.05, 0.1) is 19.8 Å². The van der Waals surface area contributed by atoms with Crippen LogP contribution in [0.15, 0.2) is 48.5 Å². The predicted octanol–water partition coefficient (Wildman–Crippen LogP) is 2.54. The Bertz CT molecular complexity index is 835. The molecule has 0 spiro atoms. The molecule has 2 aromatic rings.